The molecule has 1 saturated heterocycles. The number of hydrogen-bond acceptors (Lipinski definition) is 9. The van der Waals surface area contributed by atoms with Crippen LogP contribution in [0.15, 0.2) is 0 Å². The summed E-state index contributed by atoms with van der Waals surface area (Å²) in [6, 6.07) is -0.662. The van der Waals surface area contributed by atoms with E-state index in [-0.39, 0.29) is 54.2 Å². The van der Waals surface area contributed by atoms with E-state index in [2.05, 4.69) is 50.4 Å². The Morgan fingerprint density at radius 2 is 1.85 bits per heavy atom. The van der Waals surface area contributed by atoms with Crippen molar-refractivity contribution in [3.63, 3.8) is 0 Å². The third kappa shape index (κ3) is 8.39. The molecule has 5 aliphatic rings. The standard InChI is InChI=1S/C37H66N4O7/c1-21(35(44)38-7)16-25(14-15-40(8)9)28-13-11-12-26(34(28)46-10)19-41-33(32(31(20-42)48-41)23(3)47-24(4)43)36(45)39-30-18-27-17-29(22(30)2)37(27,5)6/h21-23,25-34,42H,11-20H2,1-10H3,(H,38,44)(H,39,45)/t21?,22-,23-,25?,26?,27+,28?,29-,30-,31-,32+,33-,34?/m0/s1. The van der Waals surface area contributed by atoms with Crippen molar-refractivity contribution in [3.05, 3.63) is 0 Å². The minimum atomic E-state index is -0.731. The van der Waals surface area contributed by atoms with Crippen LogP contribution in [0.5, 0.6) is 0 Å². The van der Waals surface area contributed by atoms with Gasteiger partial charge in [0.1, 0.15) is 18.2 Å². The van der Waals surface area contributed by atoms with Gasteiger partial charge >= 0.3 is 5.97 Å². The van der Waals surface area contributed by atoms with Crippen molar-refractivity contribution in [2.24, 2.45) is 52.8 Å². The number of hydrogen-bond donors (Lipinski definition) is 3. The molecule has 11 nitrogen and oxygen atoms in total. The van der Waals surface area contributed by atoms with Crippen molar-refractivity contribution < 1.29 is 33.8 Å². The van der Waals surface area contributed by atoms with Gasteiger partial charge in [0.2, 0.25) is 11.8 Å². The second-order valence-corrected chi connectivity index (χ2v) is 16.5. The van der Waals surface area contributed by atoms with E-state index in [0.29, 0.717) is 29.7 Å². The molecule has 5 fully saturated rings. The predicted molar refractivity (Wildman–Crippen MR) is 184 cm³/mol. The van der Waals surface area contributed by atoms with Gasteiger partial charge in [-0.15, -0.1) is 0 Å². The number of hydroxylamine groups is 2. The van der Waals surface area contributed by atoms with E-state index in [9.17, 15) is 19.5 Å². The summed E-state index contributed by atoms with van der Waals surface area (Å²) >= 11 is 0. The minimum Gasteiger partial charge on any atom is -0.462 e. The Bertz CT molecular complexity index is 1100. The van der Waals surface area contributed by atoms with Crippen LogP contribution in [-0.4, -0.2) is 111 Å². The lowest BCUT2D eigenvalue weighted by atomic mass is 9.45. The molecule has 1 heterocycles. The summed E-state index contributed by atoms with van der Waals surface area (Å²) in [7, 11) is 7.62. The Balaban J connectivity index is 1.58. The average Bonchev–Trinajstić information content (AvgIpc) is 3.41. The molecular formula is C37H66N4O7. The second-order valence-electron chi connectivity index (χ2n) is 16.5. The number of carbonyl (C=O) groups excluding carboxylic acids is 3. The normalized spacial score (nSPS) is 36.5. The molecular weight excluding hydrogens is 612 g/mol. The number of aliphatic hydroxyl groups excluding tert-OH is 1. The van der Waals surface area contributed by atoms with E-state index in [1.54, 1.807) is 26.1 Å². The van der Waals surface area contributed by atoms with Crippen molar-refractivity contribution in [1.82, 2.24) is 20.6 Å². The lowest BCUT2D eigenvalue weighted by Crippen LogP contribution is -2.62. The molecule has 0 aromatic rings. The first-order valence-corrected chi connectivity index (χ1v) is 18.5. The molecule has 276 valence electrons. The summed E-state index contributed by atoms with van der Waals surface area (Å²) in [5.74, 6) is 0.992. The van der Waals surface area contributed by atoms with Gasteiger partial charge in [-0.05, 0) is 101 Å². The van der Waals surface area contributed by atoms with Gasteiger partial charge in [-0.2, -0.15) is 5.06 Å². The molecule has 4 aliphatic carbocycles. The van der Waals surface area contributed by atoms with E-state index < -0.39 is 30.1 Å². The lowest BCUT2D eigenvalue weighted by molar-refractivity contribution is -0.193. The minimum absolute atomic E-state index is 0.0571. The zero-order chi connectivity index (χ0) is 35.5. The molecule has 0 spiro atoms. The highest BCUT2D eigenvalue weighted by atomic mass is 16.7. The zero-order valence-electron chi connectivity index (χ0n) is 31.4. The SMILES string of the molecule is CNC(=O)C(C)CC(CCN(C)C)C1CCCC(CN2O[C@@H](CO)[C@@H]([C@H](C)OC(C)=O)[C@H]2C(=O)N[C@H]2C[C@H]3C[C@@H]([C@@H]2C)C3(C)C)C1OC. The van der Waals surface area contributed by atoms with Crippen LogP contribution in [0, 0.1) is 52.8 Å². The molecule has 2 bridgehead atoms. The van der Waals surface area contributed by atoms with E-state index in [4.69, 9.17) is 14.3 Å². The van der Waals surface area contributed by atoms with Crippen LogP contribution in [-0.2, 0) is 28.7 Å². The van der Waals surface area contributed by atoms with E-state index in [0.717, 1.165) is 45.1 Å². The van der Waals surface area contributed by atoms with Crippen LogP contribution >= 0.6 is 0 Å². The number of methoxy groups -OCH3 is 1. The molecule has 0 aromatic carbocycles. The molecule has 5 unspecified atom stereocenters. The third-order valence-electron chi connectivity index (χ3n) is 13.0. The van der Waals surface area contributed by atoms with Gasteiger partial charge < -0.3 is 30.1 Å². The highest BCUT2D eigenvalue weighted by Crippen LogP contribution is 2.61. The van der Waals surface area contributed by atoms with Crippen molar-refractivity contribution in [2.75, 3.05) is 47.9 Å². The Morgan fingerprint density at radius 3 is 2.42 bits per heavy atom. The van der Waals surface area contributed by atoms with Crippen LogP contribution in [0.2, 0.25) is 0 Å². The largest absolute Gasteiger partial charge is 0.462 e. The molecule has 4 saturated carbocycles. The third-order valence-corrected chi connectivity index (χ3v) is 13.0. The van der Waals surface area contributed by atoms with Crippen LogP contribution in [0.1, 0.15) is 86.5 Å². The Labute approximate surface area is 289 Å². The van der Waals surface area contributed by atoms with Gasteiger partial charge in [0, 0.05) is 45.5 Å². The number of rotatable bonds is 15. The fourth-order valence-electron chi connectivity index (χ4n) is 10.2. The molecule has 48 heavy (non-hydrogen) atoms. The monoisotopic (exact) mass is 678 g/mol. The smallest absolute Gasteiger partial charge is 0.302 e. The van der Waals surface area contributed by atoms with Crippen molar-refractivity contribution in [3.8, 4) is 0 Å². The molecule has 11 heteroatoms. The van der Waals surface area contributed by atoms with Crippen LogP contribution in [0.3, 0.4) is 0 Å². The quantitative estimate of drug-likeness (QED) is 0.223. The maximum Gasteiger partial charge on any atom is 0.302 e. The first-order chi connectivity index (χ1) is 22.6. The zero-order valence-corrected chi connectivity index (χ0v) is 31.4. The summed E-state index contributed by atoms with van der Waals surface area (Å²) in [5.41, 5.74) is 0.298. The Hall–Kier alpha value is -1.79. The number of aliphatic hydroxyl groups is 1. The van der Waals surface area contributed by atoms with Gasteiger partial charge in [0.05, 0.1) is 18.6 Å². The summed E-state index contributed by atoms with van der Waals surface area (Å²) < 4.78 is 12.0. The number of carbonyl (C=O) groups is 3. The molecule has 13 atom stereocenters. The number of amides is 2. The number of esters is 1. The van der Waals surface area contributed by atoms with Gasteiger partial charge in [-0.3, -0.25) is 19.2 Å². The fourth-order valence-corrected chi connectivity index (χ4v) is 10.2. The van der Waals surface area contributed by atoms with Crippen molar-refractivity contribution in [2.45, 2.75) is 117 Å². The number of fused-ring (bicyclic) bond motifs is 2. The number of nitrogens with one attached hydrogen (secondary N) is 2. The summed E-state index contributed by atoms with van der Waals surface area (Å²) in [5, 5.41) is 18.5. The van der Waals surface area contributed by atoms with Crippen molar-refractivity contribution >= 4 is 17.8 Å². The fraction of sp³-hybridized carbons (Fsp3) is 0.919. The molecule has 2 amide bonds. The van der Waals surface area contributed by atoms with Gasteiger partial charge in [0.25, 0.3) is 0 Å². The lowest BCUT2D eigenvalue weighted by Gasteiger charge is -2.62. The molecule has 1 aliphatic heterocycles. The van der Waals surface area contributed by atoms with Gasteiger partial charge in [0.15, 0.2) is 0 Å². The van der Waals surface area contributed by atoms with Crippen molar-refractivity contribution in [1.29, 1.82) is 0 Å². The maximum atomic E-state index is 14.4. The Kier molecular flexibility index (Phi) is 13.4. The van der Waals surface area contributed by atoms with Gasteiger partial charge in [-0.25, -0.2) is 0 Å². The summed E-state index contributed by atoms with van der Waals surface area (Å²) in [6.07, 6.45) is 5.47. The van der Waals surface area contributed by atoms with E-state index >= 15 is 0 Å². The average molecular weight is 679 g/mol. The van der Waals surface area contributed by atoms with Crippen LogP contribution < -0.4 is 10.6 Å². The topological polar surface area (TPSA) is 130 Å². The first kappa shape index (κ1) is 39.0. The van der Waals surface area contributed by atoms with E-state index in [1.807, 2.05) is 6.92 Å². The van der Waals surface area contributed by atoms with Gasteiger partial charge in [-0.1, -0.05) is 34.1 Å². The predicted octanol–water partition coefficient (Wildman–Crippen LogP) is 3.49. The summed E-state index contributed by atoms with van der Waals surface area (Å²) in [6.45, 7) is 13.2. The molecule has 3 N–H and O–H groups in total. The maximum absolute atomic E-state index is 14.4. The second kappa shape index (κ2) is 16.5. The molecule has 5 rings (SSSR count). The first-order valence-electron chi connectivity index (χ1n) is 18.5. The summed E-state index contributed by atoms with van der Waals surface area (Å²) in [4.78, 5) is 47.7. The highest BCUT2D eigenvalue weighted by Gasteiger charge is 2.58. The number of nitrogens with zero attached hydrogens (tertiary/aromatic N) is 2. The number of ether oxygens (including phenoxy) is 2. The van der Waals surface area contributed by atoms with E-state index in [1.165, 1.54) is 13.3 Å². The van der Waals surface area contributed by atoms with Crippen LogP contribution in [0.4, 0.5) is 0 Å². The highest BCUT2D eigenvalue weighted by molar-refractivity contribution is 5.83. The molecule has 0 radical (unpaired) electrons. The van der Waals surface area contributed by atoms with Crippen LogP contribution in [0.25, 0.3) is 0 Å². The Morgan fingerprint density at radius 1 is 1.15 bits per heavy atom. The molecule has 0 aromatic heterocycles.